The van der Waals surface area contributed by atoms with E-state index in [1.54, 1.807) is 0 Å². The fraction of sp³-hybridized carbons (Fsp3) is 0.364. The molecule has 0 bridgehead atoms. The standard InChI is InChI=1S/C22H28N2O10S4/c1-31-15-5-9-17(10-6-15)37(27,28)23-19(21(25)33-3)13-35-36-14-20(22(26)34-4)24-38(29,30)18-11-7-16(32-2)8-12-18/h5-12,19-20,23-24H,13-14H2,1-4H3/t19-,20-/m0/s1. The number of benzene rings is 2. The molecule has 2 rings (SSSR count). The van der Waals surface area contributed by atoms with Gasteiger partial charge < -0.3 is 18.9 Å². The zero-order valence-electron chi connectivity index (χ0n) is 20.9. The van der Waals surface area contributed by atoms with Gasteiger partial charge in [0.1, 0.15) is 23.6 Å². The summed E-state index contributed by atoms with van der Waals surface area (Å²) >= 11 is 0. The molecular formula is C22H28N2O10S4. The largest absolute Gasteiger partial charge is 0.497 e. The van der Waals surface area contributed by atoms with Gasteiger partial charge in [-0.15, -0.1) is 0 Å². The van der Waals surface area contributed by atoms with Gasteiger partial charge in [0.2, 0.25) is 20.0 Å². The topological polar surface area (TPSA) is 163 Å². The van der Waals surface area contributed by atoms with Crippen molar-refractivity contribution >= 4 is 53.6 Å². The van der Waals surface area contributed by atoms with Gasteiger partial charge in [-0.25, -0.2) is 16.8 Å². The lowest BCUT2D eigenvalue weighted by Gasteiger charge is -2.18. The normalized spacial score (nSPS) is 13.3. The predicted molar refractivity (Wildman–Crippen MR) is 143 cm³/mol. The third-order valence-electron chi connectivity index (χ3n) is 4.86. The van der Waals surface area contributed by atoms with Crippen LogP contribution in [0.1, 0.15) is 0 Å². The van der Waals surface area contributed by atoms with E-state index in [0.717, 1.165) is 35.8 Å². The second-order valence-electron chi connectivity index (χ2n) is 7.31. The van der Waals surface area contributed by atoms with Gasteiger partial charge in [0.25, 0.3) is 0 Å². The molecule has 0 aliphatic rings. The number of carbonyl (C=O) groups is 2. The van der Waals surface area contributed by atoms with E-state index in [2.05, 4.69) is 9.44 Å². The second kappa shape index (κ2) is 14.6. The molecule has 0 saturated heterocycles. The minimum atomic E-state index is -4.07. The first-order valence-corrected chi connectivity index (χ1v) is 16.2. The SMILES string of the molecule is COC(=O)[C@H](CSSC[C@H](NS(=O)(=O)c1ccc(OC)cc1)C(=O)OC)NS(=O)(=O)c1ccc(OC)cc1. The van der Waals surface area contributed by atoms with Crippen LogP contribution < -0.4 is 18.9 Å². The number of carbonyl (C=O) groups excluding carboxylic acids is 2. The van der Waals surface area contributed by atoms with Crippen molar-refractivity contribution in [2.24, 2.45) is 0 Å². The zero-order valence-corrected chi connectivity index (χ0v) is 24.2. The van der Waals surface area contributed by atoms with E-state index in [1.165, 1.54) is 62.8 Å². The maximum Gasteiger partial charge on any atom is 0.324 e. The van der Waals surface area contributed by atoms with Crippen molar-refractivity contribution in [3.63, 3.8) is 0 Å². The molecule has 0 amide bonds. The van der Waals surface area contributed by atoms with E-state index in [4.69, 9.17) is 18.9 Å². The third-order valence-corrected chi connectivity index (χ3v) is 10.3. The highest BCUT2D eigenvalue weighted by Crippen LogP contribution is 2.25. The summed E-state index contributed by atoms with van der Waals surface area (Å²) in [6.07, 6.45) is 0. The summed E-state index contributed by atoms with van der Waals surface area (Å²) in [4.78, 5) is 24.3. The Morgan fingerprint density at radius 1 is 0.658 bits per heavy atom. The molecule has 0 saturated carbocycles. The molecule has 0 aromatic heterocycles. The average molecular weight is 609 g/mol. The summed E-state index contributed by atoms with van der Waals surface area (Å²) in [5.74, 6) is -0.872. The van der Waals surface area contributed by atoms with Crippen molar-refractivity contribution in [1.82, 2.24) is 9.44 Å². The smallest absolute Gasteiger partial charge is 0.324 e. The van der Waals surface area contributed by atoms with Crippen LogP contribution in [-0.4, -0.2) is 80.8 Å². The monoisotopic (exact) mass is 608 g/mol. The Hall–Kier alpha value is -2.50. The second-order valence-corrected chi connectivity index (χ2v) is 13.3. The van der Waals surface area contributed by atoms with Gasteiger partial charge in [-0.05, 0) is 48.5 Å². The van der Waals surface area contributed by atoms with Crippen molar-refractivity contribution in [1.29, 1.82) is 0 Å². The van der Waals surface area contributed by atoms with Crippen molar-refractivity contribution < 1.29 is 45.4 Å². The molecule has 0 aliphatic heterocycles. The number of sulfonamides is 2. The van der Waals surface area contributed by atoms with Crippen LogP contribution in [0.15, 0.2) is 58.3 Å². The van der Waals surface area contributed by atoms with Gasteiger partial charge in [-0.2, -0.15) is 9.44 Å². The molecule has 2 atom stereocenters. The van der Waals surface area contributed by atoms with E-state index in [9.17, 15) is 26.4 Å². The maximum absolute atomic E-state index is 12.7. The third kappa shape index (κ3) is 9.06. The molecule has 0 fully saturated rings. The number of methoxy groups -OCH3 is 4. The molecule has 0 radical (unpaired) electrons. The summed E-state index contributed by atoms with van der Waals surface area (Å²) in [6, 6.07) is 8.66. The summed E-state index contributed by atoms with van der Waals surface area (Å²) in [5.41, 5.74) is 0. The molecule has 12 nitrogen and oxygen atoms in total. The Balaban J connectivity index is 2.04. The lowest BCUT2D eigenvalue weighted by molar-refractivity contribution is -0.142. The van der Waals surface area contributed by atoms with Crippen LogP contribution in [0.25, 0.3) is 0 Å². The Kier molecular flexibility index (Phi) is 12.2. The van der Waals surface area contributed by atoms with Crippen LogP contribution in [0.2, 0.25) is 0 Å². The molecule has 0 heterocycles. The highest BCUT2D eigenvalue weighted by Gasteiger charge is 2.29. The van der Waals surface area contributed by atoms with Crippen LogP contribution in [-0.2, 0) is 39.1 Å². The lowest BCUT2D eigenvalue weighted by Crippen LogP contribution is -2.44. The van der Waals surface area contributed by atoms with Crippen molar-refractivity contribution in [2.75, 3.05) is 39.9 Å². The van der Waals surface area contributed by atoms with Gasteiger partial charge in [-0.1, -0.05) is 21.6 Å². The van der Waals surface area contributed by atoms with Crippen molar-refractivity contribution in [2.45, 2.75) is 21.9 Å². The van der Waals surface area contributed by atoms with Gasteiger partial charge in [0.15, 0.2) is 0 Å². The van der Waals surface area contributed by atoms with Crippen molar-refractivity contribution in [3.8, 4) is 11.5 Å². The van der Waals surface area contributed by atoms with E-state index < -0.39 is 44.1 Å². The molecule has 2 aromatic carbocycles. The Morgan fingerprint density at radius 2 is 0.974 bits per heavy atom. The molecule has 2 N–H and O–H groups in total. The van der Waals surface area contributed by atoms with Gasteiger partial charge in [-0.3, -0.25) is 9.59 Å². The first kappa shape index (κ1) is 31.7. The van der Waals surface area contributed by atoms with Crippen LogP contribution >= 0.6 is 21.6 Å². The average Bonchev–Trinajstić information content (AvgIpc) is 2.92. The maximum atomic E-state index is 12.7. The number of esters is 2. The molecule has 38 heavy (non-hydrogen) atoms. The van der Waals surface area contributed by atoms with E-state index in [1.807, 2.05) is 0 Å². The highest BCUT2D eigenvalue weighted by atomic mass is 33.1. The molecule has 0 aliphatic carbocycles. The minimum absolute atomic E-state index is 0.0775. The van der Waals surface area contributed by atoms with Crippen LogP contribution in [0.3, 0.4) is 0 Å². The number of hydrogen-bond acceptors (Lipinski definition) is 12. The quantitative estimate of drug-likeness (QED) is 0.170. The highest BCUT2D eigenvalue weighted by molar-refractivity contribution is 8.76. The number of rotatable bonds is 15. The van der Waals surface area contributed by atoms with E-state index in [-0.39, 0.29) is 21.3 Å². The summed E-state index contributed by atoms with van der Waals surface area (Å²) in [5, 5.41) is 0. The van der Waals surface area contributed by atoms with Crippen molar-refractivity contribution in [3.05, 3.63) is 48.5 Å². The van der Waals surface area contributed by atoms with Gasteiger partial charge in [0, 0.05) is 11.5 Å². The van der Waals surface area contributed by atoms with Gasteiger partial charge in [0.05, 0.1) is 38.2 Å². The summed E-state index contributed by atoms with van der Waals surface area (Å²) < 4.78 is 75.0. The minimum Gasteiger partial charge on any atom is -0.497 e. The molecule has 2 aromatic rings. The Bertz CT molecular complexity index is 1180. The molecule has 0 unspecified atom stereocenters. The Labute approximate surface area is 229 Å². The predicted octanol–water partition coefficient (Wildman–Crippen LogP) is 1.43. The van der Waals surface area contributed by atoms with E-state index in [0.29, 0.717) is 11.5 Å². The molecule has 210 valence electrons. The number of nitrogens with one attached hydrogen (secondary N) is 2. The Morgan fingerprint density at radius 3 is 1.24 bits per heavy atom. The first-order chi connectivity index (χ1) is 18.0. The van der Waals surface area contributed by atoms with Gasteiger partial charge >= 0.3 is 11.9 Å². The van der Waals surface area contributed by atoms with Crippen LogP contribution in [0, 0.1) is 0 Å². The van der Waals surface area contributed by atoms with Crippen LogP contribution in [0.4, 0.5) is 0 Å². The molecular weight excluding hydrogens is 581 g/mol. The number of hydrogen-bond donors (Lipinski definition) is 2. The fourth-order valence-electron chi connectivity index (χ4n) is 2.84. The summed E-state index contributed by atoms with van der Waals surface area (Å²) in [7, 11) is -0.940. The summed E-state index contributed by atoms with van der Waals surface area (Å²) in [6.45, 7) is 0. The number of ether oxygens (including phenoxy) is 4. The van der Waals surface area contributed by atoms with E-state index >= 15 is 0 Å². The first-order valence-electron chi connectivity index (χ1n) is 10.7. The molecule has 0 spiro atoms. The molecule has 16 heteroatoms. The fourth-order valence-corrected chi connectivity index (χ4v) is 7.72. The lowest BCUT2D eigenvalue weighted by atomic mass is 10.3. The van der Waals surface area contributed by atoms with Crippen LogP contribution in [0.5, 0.6) is 11.5 Å². The zero-order chi connectivity index (χ0) is 28.3.